The molecule has 0 bridgehead atoms. The largest absolute Gasteiger partial charge is 0.491 e. The van der Waals surface area contributed by atoms with Gasteiger partial charge in [-0.2, -0.15) is 0 Å². The number of rotatable bonds is 6. The van der Waals surface area contributed by atoms with Gasteiger partial charge in [0, 0.05) is 40.0 Å². The lowest BCUT2D eigenvalue weighted by atomic mass is 10.1. The highest BCUT2D eigenvalue weighted by atomic mass is 79.9. The molecule has 2 aromatic heterocycles. The van der Waals surface area contributed by atoms with E-state index in [0.29, 0.717) is 24.5 Å². The second-order valence-electron chi connectivity index (χ2n) is 7.02. The van der Waals surface area contributed by atoms with Gasteiger partial charge in [-0.1, -0.05) is 18.2 Å². The zero-order chi connectivity index (χ0) is 20.5. The van der Waals surface area contributed by atoms with Crippen molar-refractivity contribution in [1.82, 2.24) is 9.55 Å². The summed E-state index contributed by atoms with van der Waals surface area (Å²) in [5, 5.41) is 2.02. The Balaban J connectivity index is 0.00000256. The Bertz CT molecular complexity index is 1200. The van der Waals surface area contributed by atoms with Crippen molar-refractivity contribution >= 4 is 56.1 Å². The number of methoxy groups -OCH3 is 1. The van der Waals surface area contributed by atoms with Gasteiger partial charge >= 0.3 is 5.97 Å². The van der Waals surface area contributed by atoms with E-state index in [1.165, 1.54) is 18.1 Å². The molecule has 2 heterocycles. The lowest BCUT2D eigenvalue weighted by Crippen LogP contribution is -2.30. The fourth-order valence-electron chi connectivity index (χ4n) is 3.66. The van der Waals surface area contributed by atoms with Crippen molar-refractivity contribution in [2.45, 2.75) is 12.5 Å². The summed E-state index contributed by atoms with van der Waals surface area (Å²) in [5.74, 6) is 0.293. The summed E-state index contributed by atoms with van der Waals surface area (Å²) in [5.41, 5.74) is 9.96. The summed E-state index contributed by atoms with van der Waals surface area (Å²) in [6.45, 7) is 0.360. The van der Waals surface area contributed by atoms with Crippen molar-refractivity contribution in [3.8, 4) is 5.75 Å². The number of carbonyl (C=O) groups excluding carboxylic acids is 1. The van der Waals surface area contributed by atoms with E-state index in [1.807, 2.05) is 43.6 Å². The molecule has 0 amide bonds. The van der Waals surface area contributed by atoms with E-state index in [-0.39, 0.29) is 18.4 Å². The number of hydrogen-bond acceptors (Lipinski definition) is 4. The van der Waals surface area contributed by atoms with Gasteiger partial charge in [0.05, 0.1) is 12.6 Å². The van der Waals surface area contributed by atoms with E-state index >= 15 is 0 Å². The number of H-pyrrole nitrogens is 1. The van der Waals surface area contributed by atoms with E-state index in [2.05, 4.69) is 27.0 Å². The fraction of sp³-hybridized carbons (Fsp3) is 0.227. The normalized spacial score (nSPS) is 12.0. The van der Waals surface area contributed by atoms with Crippen LogP contribution in [0.15, 0.2) is 53.1 Å². The van der Waals surface area contributed by atoms with Crippen molar-refractivity contribution in [3.05, 3.63) is 64.4 Å². The number of esters is 1. The number of fused-ring (bicyclic) bond motifs is 2. The van der Waals surface area contributed by atoms with Gasteiger partial charge in [0.15, 0.2) is 0 Å². The minimum absolute atomic E-state index is 0. The molecule has 0 aliphatic rings. The molecule has 4 aromatic rings. The quantitative estimate of drug-likeness (QED) is 0.386. The molecule has 6 nitrogen and oxygen atoms in total. The van der Waals surface area contributed by atoms with Crippen molar-refractivity contribution < 1.29 is 14.3 Å². The van der Waals surface area contributed by atoms with Gasteiger partial charge < -0.3 is 24.8 Å². The average molecular weight is 493 g/mol. The van der Waals surface area contributed by atoms with Crippen LogP contribution in [0, 0.1) is 0 Å². The first-order chi connectivity index (χ1) is 14.0. The number of hydrogen-bond donors (Lipinski definition) is 2. The predicted molar refractivity (Wildman–Crippen MR) is 125 cm³/mol. The maximum absolute atomic E-state index is 12.1. The third-order valence-corrected chi connectivity index (χ3v) is 5.75. The Hall–Kier alpha value is -2.48. The Morgan fingerprint density at radius 2 is 2.00 bits per heavy atom. The predicted octanol–water partition coefficient (Wildman–Crippen LogP) is 4.58. The fourth-order valence-corrected chi connectivity index (χ4v) is 4.27. The number of ether oxygens (including phenoxy) is 2. The monoisotopic (exact) mass is 491 g/mol. The zero-order valence-electron chi connectivity index (χ0n) is 16.6. The highest BCUT2D eigenvalue weighted by Gasteiger charge is 2.19. The number of carbonyl (C=O) groups is 1. The lowest BCUT2D eigenvalue weighted by molar-refractivity contribution is 0.0590. The maximum atomic E-state index is 12.1. The first-order valence-corrected chi connectivity index (χ1v) is 10.1. The van der Waals surface area contributed by atoms with E-state index in [1.54, 1.807) is 10.6 Å². The van der Waals surface area contributed by atoms with Crippen molar-refractivity contribution in [2.24, 2.45) is 12.8 Å². The Morgan fingerprint density at radius 1 is 1.23 bits per heavy atom. The van der Waals surface area contributed by atoms with E-state index < -0.39 is 5.97 Å². The number of aromatic amines is 1. The molecule has 0 spiro atoms. The van der Waals surface area contributed by atoms with Crippen LogP contribution >= 0.6 is 28.3 Å². The summed E-state index contributed by atoms with van der Waals surface area (Å²) >= 11 is 3.55. The number of halogens is 2. The van der Waals surface area contributed by atoms with Gasteiger partial charge in [-0.15, -0.1) is 12.4 Å². The SMILES string of the molecule is COC(=O)c1cc2c(OC[C@@H](N)Cc3c[nH]c4ccccc34)ccc(Br)c2n1C.Cl. The third kappa shape index (κ3) is 4.05. The number of benzene rings is 2. The van der Waals surface area contributed by atoms with Crippen LogP contribution in [0.2, 0.25) is 0 Å². The van der Waals surface area contributed by atoms with E-state index in [0.717, 1.165) is 20.9 Å². The molecule has 1 atom stereocenters. The number of para-hydroxylation sites is 1. The number of aromatic nitrogens is 2. The first-order valence-electron chi connectivity index (χ1n) is 9.29. The van der Waals surface area contributed by atoms with E-state index in [9.17, 15) is 4.79 Å². The number of nitrogens with zero attached hydrogens (tertiary/aromatic N) is 1. The molecule has 0 unspecified atom stereocenters. The molecule has 30 heavy (non-hydrogen) atoms. The summed E-state index contributed by atoms with van der Waals surface area (Å²) in [7, 11) is 3.20. The van der Waals surface area contributed by atoms with Crippen LogP contribution in [0.25, 0.3) is 21.8 Å². The Kier molecular flexibility index (Phi) is 6.75. The number of nitrogens with two attached hydrogens (primary N) is 1. The number of aryl methyl sites for hydroxylation is 1. The second kappa shape index (κ2) is 9.12. The molecule has 0 radical (unpaired) electrons. The van der Waals surface area contributed by atoms with Crippen LogP contribution < -0.4 is 10.5 Å². The van der Waals surface area contributed by atoms with Gasteiger partial charge in [-0.25, -0.2) is 4.79 Å². The molecule has 8 heteroatoms. The average Bonchev–Trinajstić information content (AvgIpc) is 3.29. The standard InChI is InChI=1S/C22H22BrN3O3.ClH/c1-26-19(22(27)28-2)10-16-20(8-7-17(23)21(16)26)29-12-14(24)9-13-11-25-18-6-4-3-5-15(13)18;/h3-8,10-11,14,25H,9,12,24H2,1-2H3;1H/t14-;/m0./s1. The molecule has 0 aliphatic heterocycles. The minimum Gasteiger partial charge on any atom is -0.491 e. The van der Waals surface area contributed by atoms with Crippen LogP contribution in [-0.2, 0) is 18.2 Å². The smallest absolute Gasteiger partial charge is 0.354 e. The van der Waals surface area contributed by atoms with Crippen molar-refractivity contribution in [1.29, 1.82) is 0 Å². The molecule has 0 saturated carbocycles. The first kappa shape index (κ1) is 22.2. The minimum atomic E-state index is -0.391. The summed E-state index contributed by atoms with van der Waals surface area (Å²) < 4.78 is 13.6. The highest BCUT2D eigenvalue weighted by molar-refractivity contribution is 9.10. The van der Waals surface area contributed by atoms with Crippen LogP contribution in [0.3, 0.4) is 0 Å². The molecule has 0 aliphatic carbocycles. The molecule has 158 valence electrons. The molecule has 3 N–H and O–H groups in total. The Morgan fingerprint density at radius 3 is 2.77 bits per heavy atom. The topological polar surface area (TPSA) is 82.3 Å². The summed E-state index contributed by atoms with van der Waals surface area (Å²) in [6.07, 6.45) is 2.70. The van der Waals surface area contributed by atoms with Gasteiger partial charge in [-0.05, 0) is 52.2 Å². The number of nitrogens with one attached hydrogen (secondary N) is 1. The van der Waals surface area contributed by atoms with E-state index in [4.69, 9.17) is 15.2 Å². The van der Waals surface area contributed by atoms with Crippen LogP contribution in [0.4, 0.5) is 0 Å². The lowest BCUT2D eigenvalue weighted by Gasteiger charge is -2.14. The van der Waals surface area contributed by atoms with Crippen LogP contribution in [0.5, 0.6) is 5.75 Å². The van der Waals surface area contributed by atoms with Crippen LogP contribution in [-0.4, -0.2) is 35.3 Å². The zero-order valence-corrected chi connectivity index (χ0v) is 19.0. The van der Waals surface area contributed by atoms with Crippen molar-refractivity contribution in [2.75, 3.05) is 13.7 Å². The summed E-state index contributed by atoms with van der Waals surface area (Å²) in [4.78, 5) is 15.3. The molecule has 2 aromatic carbocycles. The third-order valence-electron chi connectivity index (χ3n) is 5.11. The van der Waals surface area contributed by atoms with Gasteiger partial charge in [0.2, 0.25) is 0 Å². The molecular formula is C22H23BrClN3O3. The Labute approximate surface area is 188 Å². The van der Waals surface area contributed by atoms with Crippen molar-refractivity contribution in [3.63, 3.8) is 0 Å². The second-order valence-corrected chi connectivity index (χ2v) is 7.88. The highest BCUT2D eigenvalue weighted by Crippen LogP contribution is 2.34. The van der Waals surface area contributed by atoms with Gasteiger partial charge in [0.1, 0.15) is 18.1 Å². The summed E-state index contributed by atoms with van der Waals surface area (Å²) in [6, 6.07) is 13.6. The van der Waals surface area contributed by atoms with Crippen LogP contribution in [0.1, 0.15) is 16.1 Å². The van der Waals surface area contributed by atoms with Gasteiger partial charge in [-0.3, -0.25) is 0 Å². The maximum Gasteiger partial charge on any atom is 0.354 e. The molecule has 4 rings (SSSR count). The molecule has 0 saturated heterocycles. The molecular weight excluding hydrogens is 470 g/mol. The van der Waals surface area contributed by atoms with Gasteiger partial charge in [0.25, 0.3) is 0 Å². The molecule has 0 fully saturated rings.